The third-order valence-electron chi connectivity index (χ3n) is 2.35. The molecule has 0 aromatic carbocycles. The Morgan fingerprint density at radius 2 is 1.71 bits per heavy atom. The predicted molar refractivity (Wildman–Crippen MR) is 70.0 cm³/mol. The second kappa shape index (κ2) is 8.51. The number of carbonyl (C=O) groups excluding carboxylic acids is 1. The van der Waals surface area contributed by atoms with Crippen LogP contribution in [0, 0.1) is 0 Å². The summed E-state index contributed by atoms with van der Waals surface area (Å²) in [5.74, 6) is -0.272. The molecule has 0 aromatic rings. The van der Waals surface area contributed by atoms with Crippen LogP contribution < -0.4 is 0 Å². The molecule has 0 aromatic heterocycles. The van der Waals surface area contributed by atoms with Gasteiger partial charge < -0.3 is 9.47 Å². The summed E-state index contributed by atoms with van der Waals surface area (Å²) >= 11 is 0. The quantitative estimate of drug-likeness (QED) is 0.482. The Morgan fingerprint density at radius 1 is 1.12 bits per heavy atom. The fourth-order valence-electron chi connectivity index (χ4n) is 1.42. The normalized spacial score (nSPS) is 13.5. The fourth-order valence-corrected chi connectivity index (χ4v) is 1.42. The molecule has 0 rings (SSSR count). The molecule has 1 atom stereocenters. The topological polar surface area (TPSA) is 35.5 Å². The lowest BCUT2D eigenvalue weighted by atomic mass is 10.2. The van der Waals surface area contributed by atoms with Gasteiger partial charge in [-0.05, 0) is 34.1 Å². The summed E-state index contributed by atoms with van der Waals surface area (Å²) in [4.78, 5) is 11.6. The third kappa shape index (κ3) is 10.3. The van der Waals surface area contributed by atoms with Gasteiger partial charge >= 0.3 is 5.97 Å². The number of esters is 1. The van der Waals surface area contributed by atoms with Gasteiger partial charge in [0, 0.05) is 6.61 Å². The van der Waals surface area contributed by atoms with Crippen LogP contribution in [0.3, 0.4) is 0 Å². The molecular weight excluding hydrogens is 216 g/mol. The number of rotatable bonds is 8. The average molecular weight is 244 g/mol. The summed E-state index contributed by atoms with van der Waals surface area (Å²) in [6.45, 7) is 10.2. The van der Waals surface area contributed by atoms with Gasteiger partial charge in [0.05, 0.1) is 0 Å². The molecule has 0 radical (unpaired) electrons. The first-order chi connectivity index (χ1) is 7.87. The third-order valence-corrected chi connectivity index (χ3v) is 2.35. The molecule has 102 valence electrons. The first kappa shape index (κ1) is 16.4. The minimum atomic E-state index is -0.458. The summed E-state index contributed by atoms with van der Waals surface area (Å²) < 4.78 is 10.7. The van der Waals surface area contributed by atoms with Crippen LogP contribution >= 0.6 is 0 Å². The van der Waals surface area contributed by atoms with Crippen LogP contribution in [0.5, 0.6) is 0 Å². The first-order valence-corrected chi connectivity index (χ1v) is 6.71. The van der Waals surface area contributed by atoms with Crippen LogP contribution in [0.2, 0.25) is 0 Å². The molecule has 0 fully saturated rings. The zero-order valence-corrected chi connectivity index (χ0v) is 12.0. The van der Waals surface area contributed by atoms with Crippen molar-refractivity contribution in [3.05, 3.63) is 0 Å². The smallest absolute Gasteiger partial charge is 0.335 e. The van der Waals surface area contributed by atoms with Crippen molar-refractivity contribution in [2.75, 3.05) is 6.61 Å². The standard InChI is InChI=1S/C14H28O3/c1-6-7-8-9-10-11-16-12(2)13(15)17-14(3,4)5/h12H,6-11H2,1-5H3. The van der Waals surface area contributed by atoms with Crippen molar-refractivity contribution >= 4 is 5.97 Å². The number of hydrogen-bond acceptors (Lipinski definition) is 3. The molecule has 1 unspecified atom stereocenters. The van der Waals surface area contributed by atoms with Crippen LogP contribution in [0.15, 0.2) is 0 Å². The molecule has 0 aliphatic rings. The molecule has 0 heterocycles. The summed E-state index contributed by atoms with van der Waals surface area (Å²) in [7, 11) is 0. The molecule has 0 saturated heterocycles. The molecule has 3 nitrogen and oxygen atoms in total. The summed E-state index contributed by atoms with van der Waals surface area (Å²) in [6.07, 6.45) is 5.51. The van der Waals surface area contributed by atoms with Gasteiger partial charge in [-0.1, -0.05) is 32.6 Å². The van der Waals surface area contributed by atoms with Crippen LogP contribution in [0.1, 0.15) is 66.7 Å². The van der Waals surface area contributed by atoms with Crippen molar-refractivity contribution in [2.45, 2.75) is 78.4 Å². The van der Waals surface area contributed by atoms with Crippen LogP contribution in [-0.2, 0) is 14.3 Å². The highest BCUT2D eigenvalue weighted by atomic mass is 16.6. The Balaban J connectivity index is 3.58. The number of hydrogen-bond donors (Lipinski definition) is 0. The van der Waals surface area contributed by atoms with Gasteiger partial charge in [0.15, 0.2) is 6.10 Å². The largest absolute Gasteiger partial charge is 0.458 e. The number of unbranched alkanes of at least 4 members (excludes halogenated alkanes) is 4. The van der Waals surface area contributed by atoms with Gasteiger partial charge in [0.25, 0.3) is 0 Å². The van der Waals surface area contributed by atoms with Crippen molar-refractivity contribution in [1.82, 2.24) is 0 Å². The maximum absolute atomic E-state index is 11.6. The molecule has 0 saturated carbocycles. The summed E-state index contributed by atoms with van der Waals surface area (Å²) in [5.41, 5.74) is -0.435. The monoisotopic (exact) mass is 244 g/mol. The molecular formula is C14H28O3. The molecule has 0 spiro atoms. The van der Waals surface area contributed by atoms with Gasteiger partial charge in [0.2, 0.25) is 0 Å². The molecule has 0 aliphatic carbocycles. The summed E-state index contributed by atoms with van der Waals surface area (Å²) in [5, 5.41) is 0. The lowest BCUT2D eigenvalue weighted by Gasteiger charge is -2.22. The first-order valence-electron chi connectivity index (χ1n) is 6.71. The van der Waals surface area contributed by atoms with Crippen molar-refractivity contribution in [1.29, 1.82) is 0 Å². The summed E-state index contributed by atoms with van der Waals surface area (Å²) in [6, 6.07) is 0. The van der Waals surface area contributed by atoms with E-state index in [2.05, 4.69) is 6.92 Å². The Bertz CT molecular complexity index is 206. The minimum absolute atomic E-state index is 0.272. The highest BCUT2D eigenvalue weighted by molar-refractivity contribution is 5.74. The van der Waals surface area contributed by atoms with Gasteiger partial charge in [-0.25, -0.2) is 4.79 Å². The highest BCUT2D eigenvalue weighted by Crippen LogP contribution is 2.10. The van der Waals surface area contributed by atoms with Gasteiger partial charge in [-0.3, -0.25) is 0 Å². The second-order valence-electron chi connectivity index (χ2n) is 5.46. The lowest BCUT2D eigenvalue weighted by molar-refractivity contribution is -0.167. The highest BCUT2D eigenvalue weighted by Gasteiger charge is 2.21. The van der Waals surface area contributed by atoms with E-state index in [4.69, 9.17) is 9.47 Å². The maximum Gasteiger partial charge on any atom is 0.335 e. The van der Waals surface area contributed by atoms with Gasteiger partial charge in [0.1, 0.15) is 5.60 Å². The molecule has 17 heavy (non-hydrogen) atoms. The van der Waals surface area contributed by atoms with Crippen LogP contribution in [0.25, 0.3) is 0 Å². The molecule has 0 aliphatic heterocycles. The molecule has 0 bridgehead atoms. The SMILES string of the molecule is CCCCCCCOC(C)C(=O)OC(C)(C)C. The zero-order valence-electron chi connectivity index (χ0n) is 12.0. The Kier molecular flexibility index (Phi) is 8.23. The van der Waals surface area contributed by atoms with E-state index >= 15 is 0 Å². The molecule has 3 heteroatoms. The van der Waals surface area contributed by atoms with Crippen LogP contribution in [0.4, 0.5) is 0 Å². The number of carbonyl (C=O) groups is 1. The maximum atomic E-state index is 11.6. The lowest BCUT2D eigenvalue weighted by Crippen LogP contribution is -2.31. The van der Waals surface area contributed by atoms with E-state index in [1.165, 1.54) is 25.7 Å². The van der Waals surface area contributed by atoms with Crippen molar-refractivity contribution in [3.63, 3.8) is 0 Å². The van der Waals surface area contributed by atoms with E-state index in [1.54, 1.807) is 6.92 Å². The van der Waals surface area contributed by atoms with Gasteiger partial charge in [-0.15, -0.1) is 0 Å². The van der Waals surface area contributed by atoms with Crippen molar-refractivity contribution < 1.29 is 14.3 Å². The molecule has 0 amide bonds. The van der Waals surface area contributed by atoms with E-state index in [1.807, 2.05) is 20.8 Å². The minimum Gasteiger partial charge on any atom is -0.458 e. The van der Waals surface area contributed by atoms with E-state index in [-0.39, 0.29) is 5.97 Å². The van der Waals surface area contributed by atoms with Crippen LogP contribution in [-0.4, -0.2) is 24.3 Å². The van der Waals surface area contributed by atoms with E-state index < -0.39 is 11.7 Å². The zero-order chi connectivity index (χ0) is 13.3. The molecule has 0 N–H and O–H groups in total. The van der Waals surface area contributed by atoms with E-state index in [0.717, 1.165) is 6.42 Å². The average Bonchev–Trinajstić information content (AvgIpc) is 2.20. The Morgan fingerprint density at radius 3 is 2.24 bits per heavy atom. The second-order valence-corrected chi connectivity index (χ2v) is 5.46. The Hall–Kier alpha value is -0.570. The van der Waals surface area contributed by atoms with Gasteiger partial charge in [-0.2, -0.15) is 0 Å². The fraction of sp³-hybridized carbons (Fsp3) is 0.929. The van der Waals surface area contributed by atoms with E-state index in [9.17, 15) is 4.79 Å². The Labute approximate surface area is 106 Å². The van der Waals surface area contributed by atoms with E-state index in [0.29, 0.717) is 6.61 Å². The van der Waals surface area contributed by atoms with Crippen molar-refractivity contribution in [2.24, 2.45) is 0 Å². The van der Waals surface area contributed by atoms with Crippen molar-refractivity contribution in [3.8, 4) is 0 Å². The predicted octanol–water partition coefficient (Wildman–Crippen LogP) is 3.70. The number of ether oxygens (including phenoxy) is 2.